The van der Waals surface area contributed by atoms with Gasteiger partial charge in [0.05, 0.1) is 12.3 Å². The summed E-state index contributed by atoms with van der Waals surface area (Å²) >= 11 is 0. The van der Waals surface area contributed by atoms with Gasteiger partial charge in [-0.25, -0.2) is 13.1 Å². The fourth-order valence-electron chi connectivity index (χ4n) is 1.43. The second kappa shape index (κ2) is 6.06. The van der Waals surface area contributed by atoms with E-state index in [1.54, 1.807) is 11.7 Å². The zero-order valence-electron chi connectivity index (χ0n) is 10.5. The molecule has 7 nitrogen and oxygen atoms in total. The normalized spacial score (nSPS) is 12.2. The molecule has 1 rings (SSSR count). The molecule has 0 radical (unpaired) electrons. The molecular weight excluding hydrogens is 242 g/mol. The molecule has 0 aliphatic heterocycles. The third-order valence-corrected chi connectivity index (χ3v) is 4.35. The van der Waals surface area contributed by atoms with Crippen molar-refractivity contribution < 1.29 is 8.42 Å². The zero-order chi connectivity index (χ0) is 12.9. The molecule has 0 N–H and O–H groups in total. The number of rotatable bonds is 7. The Balaban J connectivity index is 2.74. The van der Waals surface area contributed by atoms with Crippen LogP contribution in [0.5, 0.6) is 0 Å². The van der Waals surface area contributed by atoms with E-state index in [0.717, 1.165) is 6.42 Å². The number of nitrogens with zero attached hydrogens (tertiary/aromatic N) is 5. The maximum Gasteiger partial charge on any atom is 0.214 e. The SMILES string of the molecule is CCCn1nnnc1CN(C)S(=O)(=O)CCC. The highest BCUT2D eigenvalue weighted by molar-refractivity contribution is 7.89. The first-order chi connectivity index (χ1) is 8.01. The Hall–Kier alpha value is -1.02. The molecule has 8 heteroatoms. The van der Waals surface area contributed by atoms with Gasteiger partial charge in [0, 0.05) is 13.6 Å². The van der Waals surface area contributed by atoms with Gasteiger partial charge in [0.15, 0.2) is 5.82 Å². The van der Waals surface area contributed by atoms with Crippen molar-refractivity contribution in [1.29, 1.82) is 0 Å². The van der Waals surface area contributed by atoms with Gasteiger partial charge in [0.2, 0.25) is 10.0 Å². The quantitative estimate of drug-likeness (QED) is 0.703. The van der Waals surface area contributed by atoms with Crippen LogP contribution in [0.25, 0.3) is 0 Å². The van der Waals surface area contributed by atoms with Crippen LogP contribution < -0.4 is 0 Å². The minimum Gasteiger partial charge on any atom is -0.228 e. The maximum absolute atomic E-state index is 11.8. The molecule has 0 atom stereocenters. The topological polar surface area (TPSA) is 81.0 Å². The predicted octanol–water partition coefficient (Wildman–Crippen LogP) is 0.255. The summed E-state index contributed by atoms with van der Waals surface area (Å²) in [5, 5.41) is 11.2. The molecule has 17 heavy (non-hydrogen) atoms. The smallest absolute Gasteiger partial charge is 0.214 e. The fourth-order valence-corrected chi connectivity index (χ4v) is 2.57. The van der Waals surface area contributed by atoms with Crippen molar-refractivity contribution in [3.63, 3.8) is 0 Å². The van der Waals surface area contributed by atoms with Gasteiger partial charge in [-0.15, -0.1) is 5.10 Å². The first kappa shape index (κ1) is 14.0. The number of aryl methyl sites for hydroxylation is 1. The van der Waals surface area contributed by atoms with Crippen molar-refractivity contribution >= 4 is 10.0 Å². The summed E-state index contributed by atoms with van der Waals surface area (Å²) in [5.41, 5.74) is 0. The van der Waals surface area contributed by atoms with Crippen molar-refractivity contribution in [1.82, 2.24) is 24.5 Å². The van der Waals surface area contributed by atoms with E-state index < -0.39 is 10.0 Å². The lowest BCUT2D eigenvalue weighted by molar-refractivity contribution is 0.436. The lowest BCUT2D eigenvalue weighted by Gasteiger charge is -2.15. The second-order valence-electron chi connectivity index (χ2n) is 3.89. The summed E-state index contributed by atoms with van der Waals surface area (Å²) < 4.78 is 26.5. The maximum atomic E-state index is 11.8. The molecule has 1 aromatic heterocycles. The summed E-state index contributed by atoms with van der Waals surface area (Å²) in [6.07, 6.45) is 1.51. The van der Waals surface area contributed by atoms with Crippen LogP contribution in [0.4, 0.5) is 0 Å². The van der Waals surface area contributed by atoms with Gasteiger partial charge in [0.25, 0.3) is 0 Å². The van der Waals surface area contributed by atoms with Crippen LogP contribution in [0.1, 0.15) is 32.5 Å². The first-order valence-electron chi connectivity index (χ1n) is 5.70. The third kappa shape index (κ3) is 3.74. The largest absolute Gasteiger partial charge is 0.228 e. The Labute approximate surface area is 102 Å². The van der Waals surface area contributed by atoms with Gasteiger partial charge in [-0.1, -0.05) is 13.8 Å². The molecule has 0 saturated carbocycles. The van der Waals surface area contributed by atoms with Crippen LogP contribution >= 0.6 is 0 Å². The molecule has 0 fully saturated rings. The van der Waals surface area contributed by atoms with Crippen LogP contribution in [0, 0.1) is 0 Å². The highest BCUT2D eigenvalue weighted by atomic mass is 32.2. The molecular formula is C9H19N5O2S. The number of hydrogen-bond donors (Lipinski definition) is 0. The monoisotopic (exact) mass is 261 g/mol. The highest BCUT2D eigenvalue weighted by Gasteiger charge is 2.19. The lowest BCUT2D eigenvalue weighted by atomic mass is 10.5. The molecule has 1 aromatic rings. The number of tetrazole rings is 1. The van der Waals surface area contributed by atoms with Crippen LogP contribution in [-0.2, 0) is 23.1 Å². The second-order valence-corrected chi connectivity index (χ2v) is 6.09. The van der Waals surface area contributed by atoms with E-state index in [1.165, 1.54) is 4.31 Å². The number of sulfonamides is 1. The van der Waals surface area contributed by atoms with Crippen molar-refractivity contribution in [2.75, 3.05) is 12.8 Å². The molecule has 0 aromatic carbocycles. The standard InChI is InChI=1S/C9H19N5O2S/c1-4-6-14-9(10-11-12-14)8-13(3)17(15,16)7-5-2/h4-8H2,1-3H3. The molecule has 0 amide bonds. The molecule has 0 aliphatic rings. The summed E-state index contributed by atoms with van der Waals surface area (Å²) in [6, 6.07) is 0. The van der Waals surface area contributed by atoms with Gasteiger partial charge in [-0.05, 0) is 23.3 Å². The minimum atomic E-state index is -3.19. The average Bonchev–Trinajstić information content (AvgIpc) is 2.66. The van der Waals surface area contributed by atoms with E-state index in [1.807, 2.05) is 13.8 Å². The molecule has 0 saturated heterocycles. The van der Waals surface area contributed by atoms with Gasteiger partial charge in [-0.3, -0.25) is 0 Å². The molecule has 0 aliphatic carbocycles. The fraction of sp³-hybridized carbons (Fsp3) is 0.889. The van der Waals surface area contributed by atoms with Crippen molar-refractivity contribution in [3.8, 4) is 0 Å². The molecule has 1 heterocycles. The van der Waals surface area contributed by atoms with Crippen LogP contribution in [0.15, 0.2) is 0 Å². The molecule has 0 unspecified atom stereocenters. The van der Waals surface area contributed by atoms with E-state index in [-0.39, 0.29) is 12.3 Å². The first-order valence-corrected chi connectivity index (χ1v) is 7.31. The van der Waals surface area contributed by atoms with Crippen LogP contribution in [0.2, 0.25) is 0 Å². The summed E-state index contributed by atoms with van der Waals surface area (Å²) in [4.78, 5) is 0. The third-order valence-electron chi connectivity index (χ3n) is 2.34. The highest BCUT2D eigenvalue weighted by Crippen LogP contribution is 2.06. The Morgan fingerprint density at radius 2 is 2.00 bits per heavy atom. The molecule has 98 valence electrons. The van der Waals surface area contributed by atoms with E-state index in [4.69, 9.17) is 0 Å². The van der Waals surface area contributed by atoms with Crippen molar-refractivity contribution in [3.05, 3.63) is 5.82 Å². The Bertz CT molecular complexity index is 442. The van der Waals surface area contributed by atoms with Gasteiger partial charge >= 0.3 is 0 Å². The number of aromatic nitrogens is 4. The number of hydrogen-bond acceptors (Lipinski definition) is 5. The Kier molecular flexibility index (Phi) is 5.01. The van der Waals surface area contributed by atoms with E-state index in [2.05, 4.69) is 15.5 Å². The predicted molar refractivity (Wildman–Crippen MR) is 63.7 cm³/mol. The van der Waals surface area contributed by atoms with Gasteiger partial charge in [0.1, 0.15) is 0 Å². The van der Waals surface area contributed by atoms with Crippen molar-refractivity contribution in [2.24, 2.45) is 0 Å². The van der Waals surface area contributed by atoms with Crippen LogP contribution in [0.3, 0.4) is 0 Å². The Morgan fingerprint density at radius 3 is 2.59 bits per heavy atom. The molecule has 0 bridgehead atoms. The summed E-state index contributed by atoms with van der Waals surface area (Å²) in [6.45, 7) is 4.77. The average molecular weight is 261 g/mol. The van der Waals surface area contributed by atoms with Crippen LogP contribution in [-0.4, -0.2) is 45.7 Å². The zero-order valence-corrected chi connectivity index (χ0v) is 11.3. The minimum absolute atomic E-state index is 0.152. The lowest BCUT2D eigenvalue weighted by Crippen LogP contribution is -2.30. The summed E-state index contributed by atoms with van der Waals surface area (Å²) in [5.74, 6) is 0.729. The van der Waals surface area contributed by atoms with Gasteiger partial charge in [-0.2, -0.15) is 4.31 Å². The van der Waals surface area contributed by atoms with E-state index >= 15 is 0 Å². The molecule has 0 spiro atoms. The van der Waals surface area contributed by atoms with E-state index in [0.29, 0.717) is 18.8 Å². The van der Waals surface area contributed by atoms with Crippen molar-refractivity contribution in [2.45, 2.75) is 39.8 Å². The Morgan fingerprint density at radius 1 is 1.29 bits per heavy atom. The van der Waals surface area contributed by atoms with Gasteiger partial charge < -0.3 is 0 Å². The summed E-state index contributed by atoms with van der Waals surface area (Å²) in [7, 11) is -1.64. The van der Waals surface area contributed by atoms with E-state index in [9.17, 15) is 8.42 Å².